The first kappa shape index (κ1) is 39.2. The Hall–Kier alpha value is -4.28. The second-order valence-electron chi connectivity index (χ2n) is 12.4. The summed E-state index contributed by atoms with van der Waals surface area (Å²) in [6.07, 6.45) is -11.9. The zero-order valence-corrected chi connectivity index (χ0v) is 26.4. The molecule has 3 aromatic rings. The molecule has 49 heavy (non-hydrogen) atoms. The van der Waals surface area contributed by atoms with E-state index in [0.29, 0.717) is 27.7 Å². The van der Waals surface area contributed by atoms with Crippen LogP contribution in [0, 0.1) is 5.82 Å². The van der Waals surface area contributed by atoms with Gasteiger partial charge in [0, 0.05) is 35.3 Å². The summed E-state index contributed by atoms with van der Waals surface area (Å²) < 4.78 is 61.5. The average Bonchev–Trinajstić information content (AvgIpc) is 3.56. The molecule has 3 heterocycles. The maximum atomic E-state index is 14.5. The molecule has 0 spiro atoms. The molecular weight excluding hydrogens is 668 g/mol. The number of hydrogen-bond donors (Lipinski definition) is 8. The molecule has 3 rings (SSSR count). The van der Waals surface area contributed by atoms with Gasteiger partial charge in [-0.2, -0.15) is 28.1 Å². The predicted molar refractivity (Wildman–Crippen MR) is 157 cm³/mol. The van der Waals surface area contributed by atoms with E-state index in [0.717, 1.165) is 26.2 Å². The van der Waals surface area contributed by atoms with Crippen LogP contribution in [0.15, 0.2) is 35.5 Å². The summed E-state index contributed by atoms with van der Waals surface area (Å²) in [5.41, 5.74) is -8.01. The van der Waals surface area contributed by atoms with Crippen molar-refractivity contribution in [3.05, 3.63) is 58.2 Å². The predicted octanol–water partition coefficient (Wildman–Crippen LogP) is -1.87. The minimum Gasteiger partial charge on any atom is -0.444 e. The van der Waals surface area contributed by atoms with Crippen LogP contribution in [0.25, 0.3) is 11.3 Å². The second-order valence-corrected chi connectivity index (χ2v) is 12.4. The number of carbonyl (C=O) groups is 2. The number of amides is 2. The number of carbonyl (C=O) groups excluding carboxylic acids is 2. The summed E-state index contributed by atoms with van der Waals surface area (Å²) in [5.74, 6) is -2.85. The molecule has 0 bridgehead atoms. The molecule has 0 aliphatic carbocycles. The van der Waals surface area contributed by atoms with Crippen LogP contribution in [-0.4, -0.2) is 99.6 Å². The highest BCUT2D eigenvalue weighted by atomic mass is 19.4. The number of nitrogens with zero attached hydrogens (tertiary/aromatic N) is 5. The Balaban J connectivity index is 2.09. The van der Waals surface area contributed by atoms with Crippen molar-refractivity contribution in [2.45, 2.75) is 81.9 Å². The van der Waals surface area contributed by atoms with E-state index in [1.807, 2.05) is 0 Å². The lowest BCUT2D eigenvalue weighted by molar-refractivity contribution is -0.381. The third-order valence-corrected chi connectivity index (χ3v) is 6.77. The summed E-state index contributed by atoms with van der Waals surface area (Å²) in [7, 11) is 12.6. The topological polar surface area (TPSA) is 246 Å². The average molecular weight is 699 g/mol. The van der Waals surface area contributed by atoms with Gasteiger partial charge in [0.15, 0.2) is 11.5 Å². The van der Waals surface area contributed by atoms with E-state index in [-0.39, 0.29) is 10.1 Å². The highest BCUT2D eigenvalue weighted by Crippen LogP contribution is 2.36. The first-order chi connectivity index (χ1) is 21.9. The van der Waals surface area contributed by atoms with Crippen LogP contribution in [0.1, 0.15) is 45.9 Å². The monoisotopic (exact) mass is 699 g/mol. The quantitative estimate of drug-likeness (QED) is 0.0660. The van der Waals surface area contributed by atoms with Gasteiger partial charge in [-0.05, 0) is 52.3 Å². The number of rotatable bonds is 10. The number of alkyl carbamates (subject to hydrolysis) is 1. The molecule has 0 aromatic carbocycles. The summed E-state index contributed by atoms with van der Waals surface area (Å²) >= 11 is 0. The van der Waals surface area contributed by atoms with Crippen LogP contribution < -0.4 is 16.2 Å². The van der Waals surface area contributed by atoms with E-state index in [1.54, 1.807) is 0 Å². The number of aliphatic hydroxyl groups is 6. The lowest BCUT2D eigenvalue weighted by Crippen LogP contribution is -2.65. The lowest BCUT2D eigenvalue weighted by atomic mass is 9.52. The molecule has 4 radical (unpaired) electrons. The molecule has 0 aliphatic heterocycles. The van der Waals surface area contributed by atoms with Crippen LogP contribution in [-0.2, 0) is 39.7 Å². The van der Waals surface area contributed by atoms with Crippen LogP contribution in [0.5, 0.6) is 0 Å². The van der Waals surface area contributed by atoms with Crippen molar-refractivity contribution in [1.29, 1.82) is 0 Å². The Labute approximate surface area is 276 Å². The Bertz CT molecular complexity index is 1770. The highest BCUT2D eigenvalue weighted by Gasteiger charge is 2.45. The van der Waals surface area contributed by atoms with Crippen molar-refractivity contribution in [3.8, 4) is 11.3 Å². The molecule has 8 N–H and O–H groups in total. The highest BCUT2D eigenvalue weighted by molar-refractivity contribution is 6.39. The van der Waals surface area contributed by atoms with Gasteiger partial charge in [-0.25, -0.2) is 13.8 Å². The molecule has 0 saturated carbocycles. The Morgan fingerprint density at radius 3 is 2.06 bits per heavy atom. The van der Waals surface area contributed by atoms with E-state index >= 15 is 0 Å². The number of ether oxygens (including phenoxy) is 1. The molecule has 23 heteroatoms. The van der Waals surface area contributed by atoms with Crippen molar-refractivity contribution in [2.75, 3.05) is 0 Å². The molecule has 1 atom stereocenters. The van der Waals surface area contributed by atoms with Crippen LogP contribution in [0.3, 0.4) is 0 Å². The first-order valence-electron chi connectivity index (χ1n) is 13.8. The fraction of sp³-hybridized carbons (Fsp3) is 0.500. The van der Waals surface area contributed by atoms with Crippen molar-refractivity contribution in [2.24, 2.45) is 0 Å². The number of aromatic nitrogens is 5. The minimum atomic E-state index is -5.17. The molecule has 2 amide bonds. The van der Waals surface area contributed by atoms with Crippen LogP contribution in [0.2, 0.25) is 0 Å². The Kier molecular flexibility index (Phi) is 10.3. The van der Waals surface area contributed by atoms with Gasteiger partial charge in [0.25, 0.3) is 5.56 Å². The van der Waals surface area contributed by atoms with Crippen molar-refractivity contribution >= 4 is 27.7 Å². The summed E-state index contributed by atoms with van der Waals surface area (Å²) in [4.78, 5) is 38.3. The van der Waals surface area contributed by atoms with E-state index in [4.69, 9.17) is 20.4 Å². The number of hydrogen-bond acceptors (Lipinski definition) is 12. The molecule has 0 fully saturated rings. The zero-order chi connectivity index (χ0) is 37.7. The summed E-state index contributed by atoms with van der Waals surface area (Å²) in [6.45, 7) is 6.82. The summed E-state index contributed by atoms with van der Waals surface area (Å²) in [5, 5.41) is 65.5. The molecule has 17 nitrogen and oxygen atoms in total. The van der Waals surface area contributed by atoms with Crippen molar-refractivity contribution < 1.29 is 62.5 Å². The Morgan fingerprint density at radius 1 is 0.980 bits per heavy atom. The van der Waals surface area contributed by atoms with E-state index in [2.05, 4.69) is 20.8 Å². The van der Waals surface area contributed by atoms with Crippen molar-refractivity contribution in [3.63, 3.8) is 0 Å². The van der Waals surface area contributed by atoms with Crippen LogP contribution >= 0.6 is 0 Å². The normalized spacial score (nSPS) is 14.0. The molecule has 1 unspecified atom stereocenters. The van der Waals surface area contributed by atoms with Gasteiger partial charge in [0.1, 0.15) is 11.6 Å². The molecule has 0 aliphatic rings. The zero-order valence-electron chi connectivity index (χ0n) is 26.4. The van der Waals surface area contributed by atoms with Crippen LogP contribution in [0.4, 0.5) is 22.4 Å². The second kappa shape index (κ2) is 12.9. The maximum Gasteiger partial charge on any atom is 0.435 e. The molecular formula is C26H31B2F4N7O10. The Morgan fingerprint density at radius 2 is 1.57 bits per heavy atom. The van der Waals surface area contributed by atoms with Gasteiger partial charge in [-0.3, -0.25) is 14.3 Å². The smallest absolute Gasteiger partial charge is 0.435 e. The van der Waals surface area contributed by atoms with Gasteiger partial charge in [-0.1, -0.05) is 0 Å². The number of alkyl halides is 3. The third kappa shape index (κ3) is 9.05. The number of halogens is 4. The van der Waals surface area contributed by atoms with E-state index in [1.165, 1.54) is 20.8 Å². The first-order valence-corrected chi connectivity index (χ1v) is 13.8. The van der Waals surface area contributed by atoms with Gasteiger partial charge >= 0.3 is 24.5 Å². The molecule has 264 valence electrons. The fourth-order valence-corrected chi connectivity index (χ4v) is 4.20. The van der Waals surface area contributed by atoms with Gasteiger partial charge in [0.05, 0.1) is 27.6 Å². The van der Waals surface area contributed by atoms with Gasteiger partial charge < -0.3 is 46.0 Å². The number of nitrogens with one attached hydrogen (secondary N) is 2. The fourth-order valence-electron chi connectivity index (χ4n) is 4.20. The lowest BCUT2D eigenvalue weighted by Gasteiger charge is -2.45. The standard InChI is InChI=1S/C26H31B2F4N7O10/c1-21(2,3)49-20(42)34-15(6-12-9-33-38(10-12)26(46,47)48)18(40)35-22(4,5)24(27,28)39-16(8-17(36-39)23(30,31)32)13-7-14(29)19(41)37(11-13)25(43,44)45/h7-11,15,43-48H,6H2,1-5H3,(H,34,42)(H,35,40). The van der Waals surface area contributed by atoms with Crippen molar-refractivity contribution in [1.82, 2.24) is 34.8 Å². The van der Waals surface area contributed by atoms with Gasteiger partial charge in [0.2, 0.25) is 5.91 Å². The van der Waals surface area contributed by atoms with Gasteiger partial charge in [-0.15, -0.1) is 0 Å². The molecule has 0 saturated heterocycles. The largest absolute Gasteiger partial charge is 0.444 e. The van der Waals surface area contributed by atoms with E-state index < -0.39 is 87.6 Å². The third-order valence-electron chi connectivity index (χ3n) is 6.77. The van der Waals surface area contributed by atoms with E-state index in [9.17, 15) is 62.6 Å². The SMILES string of the molecule is [B]C([B])(n1nc(C(F)(F)F)cc1-c1cc(F)c(=O)n(C(O)(O)O)c1)C(C)(C)NC(=O)C(Cc1cnn(C(O)(O)O)c1)NC(=O)OC(C)(C)C. The molecule has 3 aromatic heterocycles. The summed E-state index contributed by atoms with van der Waals surface area (Å²) in [6, 6.07) is -0.918. The maximum absolute atomic E-state index is 14.5. The minimum absolute atomic E-state index is 0.0383. The number of pyridine rings is 1.